The van der Waals surface area contributed by atoms with Crippen molar-refractivity contribution >= 4 is 15.7 Å². The zero-order chi connectivity index (χ0) is 22.4. The Morgan fingerprint density at radius 3 is 2.27 bits per heavy atom. The van der Waals surface area contributed by atoms with Crippen molar-refractivity contribution < 1.29 is 30.8 Å². The van der Waals surface area contributed by atoms with Gasteiger partial charge in [-0.3, -0.25) is 4.79 Å². The normalized spacial score (nSPS) is 12.2. The topological polar surface area (TPSA) is 82.2 Å². The van der Waals surface area contributed by atoms with Crippen LogP contribution in [-0.4, -0.2) is 25.1 Å². The molecule has 0 spiro atoms. The third-order valence-electron chi connectivity index (χ3n) is 4.60. The monoisotopic (exact) mass is 440 g/mol. The molecule has 0 aliphatic rings. The van der Waals surface area contributed by atoms with Crippen LogP contribution >= 0.6 is 0 Å². The average molecular weight is 440 g/mol. The van der Waals surface area contributed by atoms with Gasteiger partial charge >= 0.3 is 6.18 Å². The van der Waals surface area contributed by atoms with Crippen LogP contribution in [0.4, 0.5) is 17.6 Å². The van der Waals surface area contributed by atoms with Gasteiger partial charge in [-0.2, -0.15) is 13.2 Å². The van der Waals surface area contributed by atoms with Crippen molar-refractivity contribution in [2.24, 2.45) is 5.73 Å². The van der Waals surface area contributed by atoms with Gasteiger partial charge in [0.1, 0.15) is 10.7 Å². The Morgan fingerprint density at radius 1 is 1.10 bits per heavy atom. The molecule has 3 rings (SSSR count). The third-order valence-corrected chi connectivity index (χ3v) is 5.73. The minimum Gasteiger partial charge on any atom is -0.366 e. The van der Waals surface area contributed by atoms with Crippen LogP contribution in [0.1, 0.15) is 21.5 Å². The van der Waals surface area contributed by atoms with Gasteiger partial charge in [0.2, 0.25) is 0 Å². The van der Waals surface area contributed by atoms with Crippen molar-refractivity contribution in [3.8, 4) is 16.9 Å². The highest BCUT2D eigenvalue weighted by Gasteiger charge is 2.35. The minimum atomic E-state index is -4.68. The van der Waals surface area contributed by atoms with E-state index in [4.69, 9.17) is 5.73 Å². The molecule has 1 amide bonds. The van der Waals surface area contributed by atoms with Crippen molar-refractivity contribution in [2.45, 2.75) is 18.0 Å². The van der Waals surface area contributed by atoms with Crippen LogP contribution in [0.5, 0.6) is 0 Å². The molecule has 10 heteroatoms. The zero-order valence-electron chi connectivity index (χ0n) is 15.8. The molecule has 0 unspecified atom stereocenters. The lowest BCUT2D eigenvalue weighted by Gasteiger charge is -2.16. The standard InChI is InChI=1S/C20H16F4N2O3S/c1-11-14(19(25)27)10-26(12-7-8-17(16(21)9-12)30(2,28)29)18(11)13-5-3-4-6-15(13)20(22,23)24/h3-10H,1-2H3,(H2,25,27). The summed E-state index contributed by atoms with van der Waals surface area (Å²) in [5, 5.41) is 0. The SMILES string of the molecule is Cc1c(C(N)=O)cn(-c2ccc(S(C)(=O)=O)c(F)c2)c1-c1ccccc1C(F)(F)F. The number of amides is 1. The van der Waals surface area contributed by atoms with E-state index in [1.807, 2.05) is 0 Å². The number of primary amides is 1. The van der Waals surface area contributed by atoms with Crippen LogP contribution in [0, 0.1) is 12.7 Å². The molecule has 158 valence electrons. The Balaban J connectivity index is 2.36. The van der Waals surface area contributed by atoms with Gasteiger partial charge in [0.25, 0.3) is 5.91 Å². The van der Waals surface area contributed by atoms with Gasteiger partial charge in [-0.15, -0.1) is 0 Å². The first-order valence-electron chi connectivity index (χ1n) is 8.50. The molecule has 0 saturated heterocycles. The molecular formula is C20H16F4N2O3S. The summed E-state index contributed by atoms with van der Waals surface area (Å²) < 4.78 is 79.7. The first-order valence-corrected chi connectivity index (χ1v) is 10.4. The van der Waals surface area contributed by atoms with E-state index >= 15 is 0 Å². The van der Waals surface area contributed by atoms with E-state index in [0.717, 1.165) is 24.5 Å². The van der Waals surface area contributed by atoms with Crippen LogP contribution in [0.3, 0.4) is 0 Å². The Labute approximate surface area is 169 Å². The molecule has 0 radical (unpaired) electrons. The molecule has 0 bridgehead atoms. The number of alkyl halides is 3. The van der Waals surface area contributed by atoms with Gasteiger partial charge in [-0.1, -0.05) is 18.2 Å². The molecule has 1 heterocycles. The lowest BCUT2D eigenvalue weighted by Crippen LogP contribution is -2.11. The maximum atomic E-state index is 14.4. The fourth-order valence-electron chi connectivity index (χ4n) is 3.26. The fourth-order valence-corrected chi connectivity index (χ4v) is 3.99. The highest BCUT2D eigenvalue weighted by Crippen LogP contribution is 2.40. The van der Waals surface area contributed by atoms with Crippen LogP contribution in [0.25, 0.3) is 16.9 Å². The second-order valence-corrected chi connectivity index (χ2v) is 8.67. The summed E-state index contributed by atoms with van der Waals surface area (Å²) >= 11 is 0. The van der Waals surface area contributed by atoms with Gasteiger partial charge in [0.05, 0.1) is 16.8 Å². The van der Waals surface area contributed by atoms with E-state index in [1.54, 1.807) is 0 Å². The molecule has 30 heavy (non-hydrogen) atoms. The van der Waals surface area contributed by atoms with Crippen LogP contribution in [0.2, 0.25) is 0 Å². The Hall–Kier alpha value is -3.14. The third kappa shape index (κ3) is 3.82. The molecule has 5 nitrogen and oxygen atoms in total. The molecule has 1 aromatic heterocycles. The summed E-state index contributed by atoms with van der Waals surface area (Å²) in [7, 11) is -3.84. The lowest BCUT2D eigenvalue weighted by molar-refractivity contribution is -0.137. The second kappa shape index (κ2) is 7.28. The molecular weight excluding hydrogens is 424 g/mol. The number of hydrogen-bond donors (Lipinski definition) is 1. The molecule has 0 aliphatic carbocycles. The second-order valence-electron chi connectivity index (χ2n) is 6.68. The molecule has 0 saturated carbocycles. The Morgan fingerprint density at radius 2 is 1.73 bits per heavy atom. The van der Waals surface area contributed by atoms with E-state index in [0.29, 0.717) is 0 Å². The van der Waals surface area contributed by atoms with Gasteiger partial charge in [0.15, 0.2) is 9.84 Å². The van der Waals surface area contributed by atoms with Crippen LogP contribution in [-0.2, 0) is 16.0 Å². The van der Waals surface area contributed by atoms with Crippen molar-refractivity contribution in [3.05, 3.63) is 71.2 Å². The first-order chi connectivity index (χ1) is 13.8. The lowest BCUT2D eigenvalue weighted by atomic mass is 10.00. The van der Waals surface area contributed by atoms with Crippen LogP contribution in [0.15, 0.2) is 53.6 Å². The van der Waals surface area contributed by atoms with Gasteiger partial charge < -0.3 is 10.3 Å². The first kappa shape index (κ1) is 21.6. The van der Waals surface area contributed by atoms with Crippen molar-refractivity contribution in [2.75, 3.05) is 6.26 Å². The molecule has 0 atom stereocenters. The van der Waals surface area contributed by atoms with Gasteiger partial charge in [-0.25, -0.2) is 12.8 Å². The van der Waals surface area contributed by atoms with E-state index in [9.17, 15) is 30.8 Å². The molecule has 0 fully saturated rings. The van der Waals surface area contributed by atoms with Crippen molar-refractivity contribution in [1.82, 2.24) is 4.57 Å². The van der Waals surface area contributed by atoms with Gasteiger partial charge in [-0.05, 0) is 36.8 Å². The molecule has 2 N–H and O–H groups in total. The highest BCUT2D eigenvalue weighted by atomic mass is 32.2. The number of rotatable bonds is 4. The maximum Gasteiger partial charge on any atom is 0.417 e. The predicted octanol–water partition coefficient (Wildman–Crippen LogP) is 4.11. The van der Waals surface area contributed by atoms with Crippen molar-refractivity contribution in [3.63, 3.8) is 0 Å². The highest BCUT2D eigenvalue weighted by molar-refractivity contribution is 7.90. The molecule has 3 aromatic rings. The molecule has 2 aromatic carbocycles. The number of hydrogen-bond acceptors (Lipinski definition) is 3. The fraction of sp³-hybridized carbons (Fsp3) is 0.150. The van der Waals surface area contributed by atoms with Crippen molar-refractivity contribution in [1.29, 1.82) is 0 Å². The number of benzene rings is 2. The summed E-state index contributed by atoms with van der Waals surface area (Å²) in [5.74, 6) is -1.94. The minimum absolute atomic E-state index is 0.0109. The summed E-state index contributed by atoms with van der Waals surface area (Å²) in [6, 6.07) is 7.88. The van der Waals surface area contributed by atoms with Crippen LogP contribution < -0.4 is 5.73 Å². The number of carbonyl (C=O) groups is 1. The van der Waals surface area contributed by atoms with E-state index in [-0.39, 0.29) is 28.1 Å². The Kier molecular flexibility index (Phi) is 5.23. The number of aromatic nitrogens is 1. The van der Waals surface area contributed by atoms with E-state index in [2.05, 4.69) is 0 Å². The quantitative estimate of drug-likeness (QED) is 0.620. The maximum absolute atomic E-state index is 14.4. The predicted molar refractivity (Wildman–Crippen MR) is 103 cm³/mol. The zero-order valence-corrected chi connectivity index (χ0v) is 16.6. The number of sulfone groups is 1. The smallest absolute Gasteiger partial charge is 0.366 e. The summed E-state index contributed by atoms with van der Waals surface area (Å²) in [4.78, 5) is 11.3. The largest absolute Gasteiger partial charge is 0.417 e. The van der Waals surface area contributed by atoms with E-state index in [1.165, 1.54) is 42.0 Å². The van der Waals surface area contributed by atoms with Gasteiger partial charge in [0, 0.05) is 23.7 Å². The number of nitrogens with two attached hydrogens (primary N) is 1. The number of carbonyl (C=O) groups excluding carboxylic acids is 1. The summed E-state index contributed by atoms with van der Waals surface area (Å²) in [5.41, 5.74) is 4.32. The summed E-state index contributed by atoms with van der Waals surface area (Å²) in [6.45, 7) is 1.43. The Bertz CT molecular complexity index is 1260. The summed E-state index contributed by atoms with van der Waals surface area (Å²) in [6.07, 6.45) is -2.65. The number of halogens is 4. The molecule has 0 aliphatic heterocycles. The number of nitrogens with zero attached hydrogens (tertiary/aromatic N) is 1. The average Bonchev–Trinajstić information content (AvgIpc) is 2.97. The van der Waals surface area contributed by atoms with E-state index < -0.39 is 38.2 Å².